The molecule has 0 radical (unpaired) electrons. The van der Waals surface area contributed by atoms with Crippen molar-refractivity contribution in [3.05, 3.63) is 510 Å². The van der Waals surface area contributed by atoms with Crippen LogP contribution in [0.25, 0.3) is 278 Å². The fourth-order valence-electron chi connectivity index (χ4n) is 19.9. The molecule has 0 unspecified atom stereocenters. The van der Waals surface area contributed by atoms with Crippen LogP contribution in [0.2, 0.25) is 0 Å². The number of benzene rings is 21. The minimum absolute atomic E-state index is 0.682. The fraction of sp³-hybridized carbons (Fsp3) is 0. The smallest absolute Gasteiger partial charge is 0.160 e. The van der Waals surface area contributed by atoms with E-state index in [0.29, 0.717) is 17.5 Å². The number of fused-ring (bicyclic) bond motifs is 14. The number of hydrogen-bond acceptors (Lipinski definition) is 10. The lowest BCUT2D eigenvalue weighted by Gasteiger charge is -2.13. The summed E-state index contributed by atoms with van der Waals surface area (Å²) in [6.45, 7) is 0. The molecule has 28 rings (SSSR count). The van der Waals surface area contributed by atoms with Crippen LogP contribution in [0.15, 0.2) is 527 Å². The van der Waals surface area contributed by atoms with Crippen LogP contribution in [0.3, 0.4) is 0 Å². The van der Waals surface area contributed by atoms with E-state index >= 15 is 0 Å². The maximum Gasteiger partial charge on any atom is 0.160 e. The molecule has 0 N–H and O–H groups in total. The molecule has 0 atom stereocenters. The minimum atomic E-state index is 0.682. The lowest BCUT2D eigenvalue weighted by molar-refractivity contribution is 0.668. The molecule has 144 heavy (non-hydrogen) atoms. The van der Waals surface area contributed by atoms with Gasteiger partial charge in [0.2, 0.25) is 0 Å². The molecule has 0 spiro atoms. The molecular weight excluding hydrogens is 1760 g/mol. The first kappa shape index (κ1) is 85.0. The molecule has 0 saturated heterocycles. The van der Waals surface area contributed by atoms with Crippen molar-refractivity contribution in [2.45, 2.75) is 0 Å². The molecule has 10 heteroatoms. The summed E-state index contributed by atoms with van der Waals surface area (Å²) in [6.07, 6.45) is 0. The second-order valence-corrected chi connectivity index (χ2v) is 36.3. The number of hydrogen-bond donors (Lipinski definition) is 0. The third-order valence-electron chi connectivity index (χ3n) is 27.3. The predicted octanol–water partition coefficient (Wildman–Crippen LogP) is 36.3. The van der Waals surface area contributed by atoms with Gasteiger partial charge in [0.1, 0.15) is 44.7 Å². The zero-order valence-electron chi connectivity index (χ0n) is 77.8. The number of furan rings is 4. The highest BCUT2D eigenvalue weighted by Crippen LogP contribution is 2.45. The zero-order chi connectivity index (χ0) is 95.3. The van der Waals surface area contributed by atoms with Crippen molar-refractivity contribution >= 4 is 109 Å². The Labute approximate surface area is 829 Å². The zero-order valence-corrected chi connectivity index (χ0v) is 77.8. The second kappa shape index (κ2) is 36.8. The van der Waals surface area contributed by atoms with Crippen LogP contribution in [0.5, 0.6) is 0 Å². The van der Waals surface area contributed by atoms with E-state index < -0.39 is 0 Å². The Morgan fingerprint density at radius 3 is 0.806 bits per heavy atom. The molecule has 7 heterocycles. The summed E-state index contributed by atoms with van der Waals surface area (Å²) in [7, 11) is 0. The van der Waals surface area contributed by atoms with Gasteiger partial charge in [0.25, 0.3) is 0 Å². The summed E-state index contributed by atoms with van der Waals surface area (Å²) < 4.78 is 24.8. The molecule has 0 amide bonds. The van der Waals surface area contributed by atoms with Crippen LogP contribution in [-0.2, 0) is 0 Å². The summed E-state index contributed by atoms with van der Waals surface area (Å²) in [6, 6.07) is 177. The molecule has 21 aromatic carbocycles. The quantitative estimate of drug-likeness (QED) is 0.0978. The van der Waals surface area contributed by atoms with Crippen molar-refractivity contribution < 1.29 is 17.7 Å². The SMILES string of the molecule is c1ccc(-c2cc(-c3cc(-c4ccc5c(c4)oc4ccccc45)cc(-c4ccc5c(c4)oc4ccccc45)c3)nc(-c3ccccc3)n2)cc1.c1ccc(-c2nc(-c3ccc(-c4ccc5ccccc5c4)cc3)cc(-c3ccc(-c4ccc5oc6ccccc6c5c4)cc3)n2)cc1.c1ccc(-c2nc(-c3ccc(-c4ccc5ccccc5c4)cc3)cc(-c3ccc(-c4cccc5oc6ccccc6c45)cc3)n2)cc1. The van der Waals surface area contributed by atoms with E-state index in [-0.39, 0.29) is 0 Å². The first-order valence-corrected chi connectivity index (χ1v) is 48.4. The van der Waals surface area contributed by atoms with Crippen molar-refractivity contribution in [1.82, 2.24) is 29.9 Å². The first-order valence-electron chi connectivity index (χ1n) is 48.4. The van der Waals surface area contributed by atoms with Crippen LogP contribution < -0.4 is 0 Å². The monoisotopic (exact) mass is 1840 g/mol. The van der Waals surface area contributed by atoms with E-state index in [1.54, 1.807) is 0 Å². The maximum atomic E-state index is 6.32. The van der Waals surface area contributed by atoms with Crippen LogP contribution in [0.1, 0.15) is 0 Å². The van der Waals surface area contributed by atoms with Gasteiger partial charge in [0.05, 0.1) is 34.2 Å². The molecule has 0 aliphatic rings. The molecular formula is C134H84N6O4. The third kappa shape index (κ3) is 16.7. The lowest BCUT2D eigenvalue weighted by atomic mass is 9.93. The number of nitrogens with zero attached hydrogens (tertiary/aromatic N) is 6. The highest BCUT2D eigenvalue weighted by molar-refractivity contribution is 6.13. The lowest BCUT2D eigenvalue weighted by Crippen LogP contribution is -1.96. The van der Waals surface area contributed by atoms with Gasteiger partial charge < -0.3 is 17.7 Å². The van der Waals surface area contributed by atoms with E-state index in [1.165, 1.54) is 43.8 Å². The molecule has 0 aliphatic heterocycles. The molecule has 0 saturated carbocycles. The van der Waals surface area contributed by atoms with Crippen molar-refractivity contribution in [1.29, 1.82) is 0 Å². The Kier molecular flexibility index (Phi) is 21.7. The summed E-state index contributed by atoms with van der Waals surface area (Å²) in [4.78, 5) is 30.4. The van der Waals surface area contributed by atoms with Gasteiger partial charge in [-0.15, -0.1) is 0 Å². The highest BCUT2D eigenvalue weighted by atomic mass is 16.3. The molecule has 28 aromatic rings. The van der Waals surface area contributed by atoms with Gasteiger partial charge in [-0.1, -0.05) is 394 Å². The standard InChI is InChI=1S/C46H28N2O2.2C44H28N2O/c1-3-11-29(12-4-1)40-28-41(48-46(47-40)30-13-5-2-6-14-30)35-24-33(31-19-21-38-36-15-7-9-17-42(36)49-44(38)26-31)23-34(25-35)32-20-22-39-37-16-8-10-18-43(37)50-45(39)27-32;1-2-10-34(11-3-1)44-45-39(32-22-17-30(18-23-32)36-26-19-29-9-4-5-12-35(29)27-36)28-40(46-44)33-24-20-31(21-25-33)37-14-8-16-42-43(37)38-13-6-7-15-41(38)47-42;1-2-9-34(10-3-1)44-45-40(32-19-14-30(15-20-32)36-23-18-29-8-4-5-11-35(29)26-36)28-41(46-44)33-21-16-31(17-22-33)37-24-25-43-39(27-37)38-12-6-7-13-42(38)47-43/h1-28H;2*1-28H. The Balaban J connectivity index is 0.000000110. The summed E-state index contributed by atoms with van der Waals surface area (Å²) in [5, 5.41) is 13.9. The average molecular weight is 1840 g/mol. The molecule has 674 valence electrons. The van der Waals surface area contributed by atoms with Gasteiger partial charge in [-0.2, -0.15) is 0 Å². The van der Waals surface area contributed by atoms with Crippen LogP contribution in [0, 0.1) is 0 Å². The molecule has 7 aromatic heterocycles. The van der Waals surface area contributed by atoms with E-state index in [9.17, 15) is 0 Å². The van der Waals surface area contributed by atoms with Crippen LogP contribution in [-0.4, -0.2) is 29.9 Å². The van der Waals surface area contributed by atoms with Gasteiger partial charge in [-0.25, -0.2) is 29.9 Å². The van der Waals surface area contributed by atoms with E-state index in [0.717, 1.165) is 216 Å². The molecule has 0 bridgehead atoms. The van der Waals surface area contributed by atoms with Gasteiger partial charge in [0.15, 0.2) is 17.5 Å². The molecule has 10 nitrogen and oxygen atoms in total. The predicted molar refractivity (Wildman–Crippen MR) is 592 cm³/mol. The maximum absolute atomic E-state index is 6.32. The van der Waals surface area contributed by atoms with E-state index in [1.807, 2.05) is 127 Å². The van der Waals surface area contributed by atoms with Crippen molar-refractivity contribution in [3.63, 3.8) is 0 Å². The Hall–Kier alpha value is -19.4. The van der Waals surface area contributed by atoms with Crippen molar-refractivity contribution in [2.24, 2.45) is 0 Å². The summed E-state index contributed by atoms with van der Waals surface area (Å²) in [5.41, 5.74) is 35.0. The van der Waals surface area contributed by atoms with Gasteiger partial charge in [0, 0.05) is 93.2 Å². The normalized spacial score (nSPS) is 11.5. The number of aromatic nitrogens is 6. The Morgan fingerprint density at radius 1 is 0.118 bits per heavy atom. The highest BCUT2D eigenvalue weighted by Gasteiger charge is 2.22. The Morgan fingerprint density at radius 2 is 0.382 bits per heavy atom. The molecule has 0 fully saturated rings. The largest absolute Gasteiger partial charge is 0.456 e. The minimum Gasteiger partial charge on any atom is -0.456 e. The Bertz CT molecular complexity index is 9550. The van der Waals surface area contributed by atoms with Crippen molar-refractivity contribution in [3.8, 4) is 168 Å². The fourth-order valence-corrected chi connectivity index (χ4v) is 19.9. The average Bonchev–Trinajstić information content (AvgIpc) is 1.56. The van der Waals surface area contributed by atoms with Gasteiger partial charge in [-0.3, -0.25) is 0 Å². The summed E-state index contributed by atoms with van der Waals surface area (Å²) in [5.74, 6) is 2.09. The van der Waals surface area contributed by atoms with Gasteiger partial charge >= 0.3 is 0 Å². The number of rotatable bonds is 15. The molecule has 0 aliphatic carbocycles. The van der Waals surface area contributed by atoms with Crippen LogP contribution in [0.4, 0.5) is 0 Å². The second-order valence-electron chi connectivity index (χ2n) is 36.3. The number of para-hydroxylation sites is 4. The summed E-state index contributed by atoms with van der Waals surface area (Å²) >= 11 is 0. The first-order chi connectivity index (χ1) is 71.2. The van der Waals surface area contributed by atoms with E-state index in [2.05, 4.69) is 382 Å². The van der Waals surface area contributed by atoms with Crippen molar-refractivity contribution in [2.75, 3.05) is 0 Å². The third-order valence-corrected chi connectivity index (χ3v) is 27.3. The van der Waals surface area contributed by atoms with Gasteiger partial charge in [-0.05, 0) is 204 Å². The van der Waals surface area contributed by atoms with E-state index in [4.69, 9.17) is 47.6 Å². The van der Waals surface area contributed by atoms with Crippen LogP contribution >= 0.6 is 0 Å². The topological polar surface area (TPSA) is 130 Å².